The van der Waals surface area contributed by atoms with Crippen molar-refractivity contribution in [2.75, 3.05) is 20.8 Å². The summed E-state index contributed by atoms with van der Waals surface area (Å²) in [4.78, 5) is 12.4. The SMILES string of the molecule is COC[C@H](C)NC(=O)c1ccc(OC)c(COc2cc(C)cc(C)c2)c1. The number of benzene rings is 2. The first-order valence-corrected chi connectivity index (χ1v) is 8.60. The molecule has 0 aliphatic heterocycles. The monoisotopic (exact) mass is 357 g/mol. The van der Waals surface area contributed by atoms with Gasteiger partial charge in [0.25, 0.3) is 5.91 Å². The summed E-state index contributed by atoms with van der Waals surface area (Å²) in [5, 5.41) is 2.90. The molecular formula is C21H27NO4. The van der Waals surface area contributed by atoms with E-state index in [1.165, 1.54) is 0 Å². The van der Waals surface area contributed by atoms with Gasteiger partial charge in [0, 0.05) is 24.3 Å². The van der Waals surface area contributed by atoms with Gasteiger partial charge in [0.05, 0.1) is 13.7 Å². The van der Waals surface area contributed by atoms with Crippen LogP contribution in [-0.2, 0) is 11.3 Å². The van der Waals surface area contributed by atoms with Crippen LogP contribution in [0.3, 0.4) is 0 Å². The Bertz CT molecular complexity index is 737. The predicted octanol–water partition coefficient (Wildman–Crippen LogP) is 3.66. The molecule has 1 N–H and O–H groups in total. The highest BCUT2D eigenvalue weighted by Crippen LogP contribution is 2.23. The van der Waals surface area contributed by atoms with Crippen LogP contribution >= 0.6 is 0 Å². The van der Waals surface area contributed by atoms with Gasteiger partial charge in [-0.05, 0) is 62.2 Å². The van der Waals surface area contributed by atoms with Gasteiger partial charge in [-0.25, -0.2) is 0 Å². The van der Waals surface area contributed by atoms with Crippen molar-refractivity contribution in [2.45, 2.75) is 33.4 Å². The third-order valence-electron chi connectivity index (χ3n) is 3.93. The number of hydrogen-bond donors (Lipinski definition) is 1. The fraction of sp³-hybridized carbons (Fsp3) is 0.381. The molecular weight excluding hydrogens is 330 g/mol. The van der Waals surface area contributed by atoms with Gasteiger partial charge in [-0.3, -0.25) is 4.79 Å². The molecule has 0 radical (unpaired) electrons. The Morgan fingerprint density at radius 1 is 1.08 bits per heavy atom. The van der Waals surface area contributed by atoms with Gasteiger partial charge in [0.1, 0.15) is 18.1 Å². The molecule has 140 valence electrons. The second-order valence-corrected chi connectivity index (χ2v) is 6.47. The molecule has 0 heterocycles. The Morgan fingerprint density at radius 2 is 1.77 bits per heavy atom. The molecule has 1 amide bonds. The van der Waals surface area contributed by atoms with Crippen molar-refractivity contribution < 1.29 is 19.0 Å². The molecule has 0 unspecified atom stereocenters. The zero-order chi connectivity index (χ0) is 19.1. The first-order valence-electron chi connectivity index (χ1n) is 8.60. The highest BCUT2D eigenvalue weighted by molar-refractivity contribution is 5.94. The average molecular weight is 357 g/mol. The molecule has 2 aromatic rings. The van der Waals surface area contributed by atoms with E-state index >= 15 is 0 Å². The Kier molecular flexibility index (Phi) is 7.04. The highest BCUT2D eigenvalue weighted by atomic mass is 16.5. The van der Waals surface area contributed by atoms with Gasteiger partial charge in [-0.1, -0.05) is 6.07 Å². The lowest BCUT2D eigenvalue weighted by Gasteiger charge is -2.15. The van der Waals surface area contributed by atoms with Gasteiger partial charge in [0.15, 0.2) is 0 Å². The van der Waals surface area contributed by atoms with E-state index in [1.807, 2.05) is 32.9 Å². The lowest BCUT2D eigenvalue weighted by Crippen LogP contribution is -2.35. The van der Waals surface area contributed by atoms with Crippen molar-refractivity contribution in [1.82, 2.24) is 5.32 Å². The van der Waals surface area contributed by atoms with Gasteiger partial charge in [0.2, 0.25) is 0 Å². The van der Waals surface area contributed by atoms with Crippen LogP contribution in [0.1, 0.15) is 34.0 Å². The first-order chi connectivity index (χ1) is 12.4. The number of nitrogens with one attached hydrogen (secondary N) is 1. The maximum atomic E-state index is 12.4. The van der Waals surface area contributed by atoms with E-state index in [0.29, 0.717) is 24.5 Å². The van der Waals surface area contributed by atoms with Crippen LogP contribution in [0.15, 0.2) is 36.4 Å². The van der Waals surface area contributed by atoms with E-state index in [1.54, 1.807) is 32.4 Å². The van der Waals surface area contributed by atoms with Gasteiger partial charge in [-0.15, -0.1) is 0 Å². The maximum Gasteiger partial charge on any atom is 0.251 e. The number of rotatable bonds is 8. The van der Waals surface area contributed by atoms with Crippen molar-refractivity contribution >= 4 is 5.91 Å². The molecule has 0 spiro atoms. The number of amides is 1. The summed E-state index contributed by atoms with van der Waals surface area (Å²) in [6.07, 6.45) is 0. The molecule has 0 aromatic heterocycles. The molecule has 2 aromatic carbocycles. The quantitative estimate of drug-likeness (QED) is 0.783. The van der Waals surface area contributed by atoms with Gasteiger partial charge in [-0.2, -0.15) is 0 Å². The number of carbonyl (C=O) groups excluding carboxylic acids is 1. The fourth-order valence-corrected chi connectivity index (χ4v) is 2.81. The summed E-state index contributed by atoms with van der Waals surface area (Å²) in [5.41, 5.74) is 3.67. The average Bonchev–Trinajstić information content (AvgIpc) is 2.59. The Balaban J connectivity index is 2.14. The number of ether oxygens (including phenoxy) is 3. The van der Waals surface area contributed by atoms with Crippen molar-refractivity contribution in [3.8, 4) is 11.5 Å². The Labute approximate surface area is 155 Å². The highest BCUT2D eigenvalue weighted by Gasteiger charge is 2.13. The summed E-state index contributed by atoms with van der Waals surface area (Å²) in [6, 6.07) is 11.3. The number of aryl methyl sites for hydroxylation is 2. The summed E-state index contributed by atoms with van der Waals surface area (Å²) >= 11 is 0. The number of methoxy groups -OCH3 is 2. The van der Waals surface area contributed by atoms with Crippen molar-refractivity contribution in [3.05, 3.63) is 58.7 Å². The van der Waals surface area contributed by atoms with Gasteiger partial charge < -0.3 is 19.5 Å². The van der Waals surface area contributed by atoms with E-state index in [2.05, 4.69) is 11.4 Å². The summed E-state index contributed by atoms with van der Waals surface area (Å²) < 4.78 is 16.4. The minimum absolute atomic E-state index is 0.0652. The number of hydrogen-bond acceptors (Lipinski definition) is 4. The van der Waals surface area contributed by atoms with Crippen LogP contribution in [0.2, 0.25) is 0 Å². The van der Waals surface area contributed by atoms with Crippen LogP contribution in [0.25, 0.3) is 0 Å². The zero-order valence-corrected chi connectivity index (χ0v) is 16.1. The van der Waals surface area contributed by atoms with Crippen molar-refractivity contribution in [3.63, 3.8) is 0 Å². The van der Waals surface area contributed by atoms with Crippen LogP contribution in [-0.4, -0.2) is 32.8 Å². The van der Waals surface area contributed by atoms with E-state index in [9.17, 15) is 4.79 Å². The van der Waals surface area contributed by atoms with E-state index in [-0.39, 0.29) is 11.9 Å². The molecule has 2 rings (SSSR count). The van der Waals surface area contributed by atoms with Gasteiger partial charge >= 0.3 is 0 Å². The summed E-state index contributed by atoms with van der Waals surface area (Å²) in [5.74, 6) is 1.34. The first kappa shape index (κ1) is 19.8. The molecule has 0 fully saturated rings. The van der Waals surface area contributed by atoms with Crippen molar-refractivity contribution in [2.24, 2.45) is 0 Å². The molecule has 1 atom stereocenters. The largest absolute Gasteiger partial charge is 0.496 e. The molecule has 5 heteroatoms. The Morgan fingerprint density at radius 3 is 2.38 bits per heavy atom. The standard InChI is InChI=1S/C21H27NO4/c1-14-8-15(2)10-19(9-14)26-13-18-11-17(6-7-20(18)25-5)21(23)22-16(3)12-24-4/h6-11,16H,12-13H2,1-5H3,(H,22,23)/t16-/m0/s1. The molecule has 26 heavy (non-hydrogen) atoms. The molecule has 5 nitrogen and oxygen atoms in total. The van der Waals surface area contributed by atoms with E-state index in [4.69, 9.17) is 14.2 Å². The van der Waals surface area contributed by atoms with Crippen LogP contribution in [0, 0.1) is 13.8 Å². The number of carbonyl (C=O) groups is 1. The van der Waals surface area contributed by atoms with Crippen LogP contribution in [0.5, 0.6) is 11.5 Å². The smallest absolute Gasteiger partial charge is 0.251 e. The minimum atomic E-state index is -0.148. The van der Waals surface area contributed by atoms with Crippen LogP contribution in [0.4, 0.5) is 0 Å². The van der Waals surface area contributed by atoms with E-state index in [0.717, 1.165) is 22.4 Å². The normalized spacial score (nSPS) is 11.7. The Hall–Kier alpha value is -2.53. The molecule has 0 bridgehead atoms. The van der Waals surface area contributed by atoms with E-state index < -0.39 is 0 Å². The lowest BCUT2D eigenvalue weighted by molar-refractivity contribution is 0.0905. The minimum Gasteiger partial charge on any atom is -0.496 e. The fourth-order valence-electron chi connectivity index (χ4n) is 2.81. The summed E-state index contributed by atoms with van der Waals surface area (Å²) in [7, 11) is 3.22. The third-order valence-corrected chi connectivity index (χ3v) is 3.93. The lowest BCUT2D eigenvalue weighted by atomic mass is 10.1. The predicted molar refractivity (Wildman–Crippen MR) is 102 cm³/mol. The molecule has 0 saturated heterocycles. The maximum absolute atomic E-state index is 12.4. The molecule has 0 aliphatic carbocycles. The van der Waals surface area contributed by atoms with Crippen LogP contribution < -0.4 is 14.8 Å². The topological polar surface area (TPSA) is 56.8 Å². The van der Waals surface area contributed by atoms with Crippen molar-refractivity contribution in [1.29, 1.82) is 0 Å². The second kappa shape index (κ2) is 9.25. The third kappa shape index (κ3) is 5.49. The molecule has 0 saturated carbocycles. The zero-order valence-electron chi connectivity index (χ0n) is 16.1. The summed E-state index contributed by atoms with van der Waals surface area (Å²) in [6.45, 7) is 6.75. The molecule has 0 aliphatic rings. The second-order valence-electron chi connectivity index (χ2n) is 6.47.